The first-order valence-electron chi connectivity index (χ1n) is 10.6. The van der Waals surface area contributed by atoms with E-state index in [9.17, 15) is 9.90 Å². The standard InChI is InChI=1S/C19H14O4.C7H16O2/c20-19(21)16-12-7-13-17(22-14-8-3-1-4-9-14)18(16)23-15-10-5-2-6-11-15;1-3-6(8)5-7(9)4-2/h1-13H,(H,20,21);6-9H,3-5H2,1-2H3. The average Bonchev–Trinajstić information content (AvgIpc) is 2.81. The summed E-state index contributed by atoms with van der Waals surface area (Å²) in [5.41, 5.74) is 0.0438. The Morgan fingerprint density at radius 3 is 1.72 bits per heavy atom. The fourth-order valence-electron chi connectivity index (χ4n) is 2.74. The highest BCUT2D eigenvalue weighted by atomic mass is 16.5. The molecule has 0 radical (unpaired) electrons. The quantitative estimate of drug-likeness (QED) is 0.386. The van der Waals surface area contributed by atoms with Gasteiger partial charge in [-0.1, -0.05) is 56.3 Å². The maximum atomic E-state index is 11.5. The molecular weight excluding hydrogens is 408 g/mol. The smallest absolute Gasteiger partial charge is 0.339 e. The Morgan fingerprint density at radius 1 is 0.750 bits per heavy atom. The molecule has 0 bridgehead atoms. The predicted molar refractivity (Wildman–Crippen MR) is 124 cm³/mol. The molecule has 32 heavy (non-hydrogen) atoms. The van der Waals surface area contributed by atoms with Crippen molar-refractivity contribution in [1.82, 2.24) is 0 Å². The molecule has 3 aromatic rings. The average molecular weight is 439 g/mol. The summed E-state index contributed by atoms with van der Waals surface area (Å²) in [6.07, 6.45) is 1.35. The number of aliphatic hydroxyl groups is 2. The van der Waals surface area contributed by atoms with Crippen molar-refractivity contribution in [2.75, 3.05) is 0 Å². The first-order chi connectivity index (χ1) is 15.4. The lowest BCUT2D eigenvalue weighted by molar-refractivity contribution is 0.0692. The van der Waals surface area contributed by atoms with Gasteiger partial charge < -0.3 is 24.8 Å². The van der Waals surface area contributed by atoms with Crippen molar-refractivity contribution < 1.29 is 29.6 Å². The molecule has 0 saturated heterocycles. The van der Waals surface area contributed by atoms with Crippen LogP contribution in [0.15, 0.2) is 78.9 Å². The molecule has 0 fully saturated rings. The molecule has 6 heteroatoms. The minimum absolute atomic E-state index is 0.0438. The normalized spacial score (nSPS) is 12.1. The van der Waals surface area contributed by atoms with E-state index < -0.39 is 5.97 Å². The van der Waals surface area contributed by atoms with Crippen LogP contribution < -0.4 is 9.47 Å². The number of aromatic carboxylic acids is 1. The zero-order valence-corrected chi connectivity index (χ0v) is 18.3. The molecule has 0 aliphatic heterocycles. The molecular formula is C26H30O6. The summed E-state index contributed by atoms with van der Waals surface area (Å²) in [6.45, 7) is 3.82. The monoisotopic (exact) mass is 438 g/mol. The van der Waals surface area contributed by atoms with Crippen molar-refractivity contribution in [3.8, 4) is 23.0 Å². The summed E-state index contributed by atoms with van der Waals surface area (Å²) in [5.74, 6) is 0.594. The number of carboxylic acids is 1. The molecule has 3 rings (SSSR count). The van der Waals surface area contributed by atoms with Gasteiger partial charge in [-0.25, -0.2) is 4.79 Å². The predicted octanol–water partition coefficient (Wildman–Crippen LogP) is 5.89. The van der Waals surface area contributed by atoms with Crippen molar-refractivity contribution >= 4 is 5.97 Å². The van der Waals surface area contributed by atoms with E-state index in [0.29, 0.717) is 23.7 Å². The second-order valence-corrected chi connectivity index (χ2v) is 7.13. The SMILES string of the molecule is CCC(O)CC(O)CC.O=C(O)c1cccc(Oc2ccccc2)c1Oc1ccccc1. The lowest BCUT2D eigenvalue weighted by Crippen LogP contribution is -2.15. The zero-order valence-electron chi connectivity index (χ0n) is 18.3. The van der Waals surface area contributed by atoms with Gasteiger partial charge in [0.2, 0.25) is 0 Å². The molecule has 0 aromatic heterocycles. The Balaban J connectivity index is 0.000000344. The largest absolute Gasteiger partial charge is 0.478 e. The molecule has 0 saturated carbocycles. The van der Waals surface area contributed by atoms with E-state index in [0.717, 1.165) is 12.8 Å². The van der Waals surface area contributed by atoms with Gasteiger partial charge in [0.25, 0.3) is 0 Å². The van der Waals surface area contributed by atoms with Crippen LogP contribution in [0.4, 0.5) is 0 Å². The summed E-state index contributed by atoms with van der Waals surface area (Å²) >= 11 is 0. The van der Waals surface area contributed by atoms with Gasteiger partial charge in [0.15, 0.2) is 11.5 Å². The van der Waals surface area contributed by atoms with Crippen molar-refractivity contribution in [2.24, 2.45) is 0 Å². The van der Waals surface area contributed by atoms with Crippen molar-refractivity contribution in [2.45, 2.75) is 45.3 Å². The highest BCUT2D eigenvalue weighted by Gasteiger charge is 2.18. The van der Waals surface area contributed by atoms with E-state index in [1.807, 2.05) is 50.2 Å². The zero-order chi connectivity index (χ0) is 23.3. The number of aliphatic hydroxyl groups excluding tert-OH is 2. The number of rotatable bonds is 9. The van der Waals surface area contributed by atoms with Crippen LogP contribution in [0.25, 0.3) is 0 Å². The van der Waals surface area contributed by atoms with Crippen molar-refractivity contribution in [3.05, 3.63) is 84.4 Å². The molecule has 3 aromatic carbocycles. The van der Waals surface area contributed by atoms with Crippen LogP contribution in [0.1, 0.15) is 43.5 Å². The van der Waals surface area contributed by atoms with Crippen LogP contribution in [0.5, 0.6) is 23.0 Å². The van der Waals surface area contributed by atoms with E-state index in [-0.39, 0.29) is 23.5 Å². The lowest BCUT2D eigenvalue weighted by Gasteiger charge is -2.14. The maximum Gasteiger partial charge on any atom is 0.339 e. The number of benzene rings is 3. The van der Waals surface area contributed by atoms with Gasteiger partial charge in [0.05, 0.1) is 12.2 Å². The van der Waals surface area contributed by atoms with Gasteiger partial charge in [-0.15, -0.1) is 0 Å². The second kappa shape index (κ2) is 13.1. The molecule has 0 aliphatic rings. The van der Waals surface area contributed by atoms with Crippen molar-refractivity contribution in [3.63, 3.8) is 0 Å². The summed E-state index contributed by atoms with van der Waals surface area (Å²) in [6, 6.07) is 22.9. The fraction of sp³-hybridized carbons (Fsp3) is 0.269. The molecule has 0 spiro atoms. The van der Waals surface area contributed by atoms with Gasteiger partial charge in [0, 0.05) is 0 Å². The third-order valence-electron chi connectivity index (χ3n) is 4.63. The summed E-state index contributed by atoms with van der Waals surface area (Å²) in [5, 5.41) is 27.4. The molecule has 0 heterocycles. The van der Waals surface area contributed by atoms with E-state index >= 15 is 0 Å². The highest BCUT2D eigenvalue weighted by molar-refractivity contribution is 5.92. The number of carboxylic acid groups (broad SMARTS) is 1. The van der Waals surface area contributed by atoms with Gasteiger partial charge in [0.1, 0.15) is 17.1 Å². The molecule has 170 valence electrons. The fourth-order valence-corrected chi connectivity index (χ4v) is 2.74. The van der Waals surface area contributed by atoms with E-state index in [1.54, 1.807) is 36.4 Å². The van der Waals surface area contributed by atoms with Crippen LogP contribution in [0, 0.1) is 0 Å². The van der Waals surface area contributed by atoms with Gasteiger partial charge in [-0.2, -0.15) is 0 Å². The Bertz CT molecular complexity index is 935. The number of hydrogen-bond donors (Lipinski definition) is 3. The van der Waals surface area contributed by atoms with E-state index in [1.165, 1.54) is 6.07 Å². The summed E-state index contributed by atoms with van der Waals surface area (Å²) in [4.78, 5) is 11.5. The van der Waals surface area contributed by atoms with Crippen LogP contribution in [0.2, 0.25) is 0 Å². The van der Waals surface area contributed by atoms with Crippen molar-refractivity contribution in [1.29, 1.82) is 0 Å². The number of para-hydroxylation sites is 3. The van der Waals surface area contributed by atoms with Crippen LogP contribution in [-0.2, 0) is 0 Å². The van der Waals surface area contributed by atoms with Gasteiger partial charge in [-0.05, 0) is 55.7 Å². The Kier molecular flexibility index (Phi) is 10.2. The Hall–Kier alpha value is -3.35. The summed E-state index contributed by atoms with van der Waals surface area (Å²) < 4.78 is 11.6. The number of hydrogen-bond acceptors (Lipinski definition) is 5. The second-order valence-electron chi connectivity index (χ2n) is 7.13. The molecule has 0 amide bonds. The first-order valence-corrected chi connectivity index (χ1v) is 10.6. The van der Waals surface area contributed by atoms with E-state index in [4.69, 9.17) is 19.7 Å². The van der Waals surface area contributed by atoms with Gasteiger partial charge >= 0.3 is 5.97 Å². The van der Waals surface area contributed by atoms with E-state index in [2.05, 4.69) is 0 Å². The molecule has 6 nitrogen and oxygen atoms in total. The molecule has 3 N–H and O–H groups in total. The summed E-state index contributed by atoms with van der Waals surface area (Å²) in [7, 11) is 0. The van der Waals surface area contributed by atoms with Crippen LogP contribution in [-0.4, -0.2) is 33.5 Å². The Morgan fingerprint density at radius 2 is 1.25 bits per heavy atom. The highest BCUT2D eigenvalue weighted by Crippen LogP contribution is 2.37. The topological polar surface area (TPSA) is 96.2 Å². The van der Waals surface area contributed by atoms with Crippen LogP contribution in [0.3, 0.4) is 0 Å². The minimum atomic E-state index is -1.07. The lowest BCUT2D eigenvalue weighted by atomic mass is 10.1. The molecule has 2 atom stereocenters. The first kappa shape index (κ1) is 24.9. The Labute approximate surface area is 188 Å². The molecule has 0 aliphatic carbocycles. The minimum Gasteiger partial charge on any atom is -0.478 e. The van der Waals surface area contributed by atoms with Crippen LogP contribution >= 0.6 is 0 Å². The third kappa shape index (κ3) is 8.06. The maximum absolute atomic E-state index is 11.5. The number of ether oxygens (including phenoxy) is 2. The number of carbonyl (C=O) groups is 1. The molecule has 2 unspecified atom stereocenters. The van der Waals surface area contributed by atoms with Gasteiger partial charge in [-0.3, -0.25) is 0 Å². The third-order valence-corrected chi connectivity index (χ3v) is 4.63.